The van der Waals surface area contributed by atoms with Crippen LogP contribution in [0.5, 0.6) is 0 Å². The number of hydrogen-bond acceptors (Lipinski definition) is 4. The van der Waals surface area contributed by atoms with Crippen molar-refractivity contribution in [2.45, 2.75) is 19.5 Å². The summed E-state index contributed by atoms with van der Waals surface area (Å²) in [5.41, 5.74) is 7.26. The van der Waals surface area contributed by atoms with Gasteiger partial charge in [-0.1, -0.05) is 12.1 Å². The average Bonchev–Trinajstić information content (AvgIpc) is 2.82. The molecule has 0 aliphatic rings. The Bertz CT molecular complexity index is 530. The predicted octanol–water partition coefficient (Wildman–Crippen LogP) is 1.46. The van der Waals surface area contributed by atoms with Crippen LogP contribution in [0.25, 0.3) is 0 Å². The molecular weight excluding hydrogens is 301 g/mol. The van der Waals surface area contributed by atoms with E-state index in [9.17, 15) is 4.79 Å². The lowest BCUT2D eigenvalue weighted by Crippen LogP contribution is -2.32. The Morgan fingerprint density at radius 1 is 1.45 bits per heavy atom. The van der Waals surface area contributed by atoms with E-state index in [1.807, 2.05) is 24.3 Å². The van der Waals surface area contributed by atoms with Crippen LogP contribution in [0.15, 0.2) is 36.9 Å². The van der Waals surface area contributed by atoms with Crippen molar-refractivity contribution in [2.75, 3.05) is 5.32 Å². The number of anilines is 1. The molecule has 2 aromatic rings. The van der Waals surface area contributed by atoms with E-state index in [1.165, 1.54) is 6.33 Å². The minimum absolute atomic E-state index is 0. The topological polar surface area (TPSA) is 85.8 Å². The number of nitrogens with zero attached hydrogens (tertiary/aromatic N) is 3. The Morgan fingerprint density at radius 3 is 2.80 bits per heavy atom. The molecule has 0 radical (unpaired) electrons. The molecule has 1 heterocycles. The second-order valence-corrected chi connectivity index (χ2v) is 4.07. The van der Waals surface area contributed by atoms with Crippen LogP contribution in [0.3, 0.4) is 0 Å². The number of nitrogens with one attached hydrogen (secondary N) is 1. The summed E-state index contributed by atoms with van der Waals surface area (Å²) in [5.74, 6) is -0.201. The van der Waals surface area contributed by atoms with Gasteiger partial charge in [0.25, 0.3) is 0 Å². The second kappa shape index (κ2) is 8.52. The standard InChI is InChI=1S/C12H15N5O.2ClH/c1-9(13)12(18)16-11-4-2-3-10(5-11)6-17-8-14-7-15-17;;/h2-5,7-9H,6,13H2,1H3,(H,16,18);2*1H/t9-;;/m1../s1. The van der Waals surface area contributed by atoms with Crippen molar-refractivity contribution in [3.8, 4) is 0 Å². The normalized spacial score (nSPS) is 10.9. The summed E-state index contributed by atoms with van der Waals surface area (Å²) >= 11 is 0. The van der Waals surface area contributed by atoms with E-state index in [0.29, 0.717) is 6.54 Å². The van der Waals surface area contributed by atoms with Gasteiger partial charge in [-0.05, 0) is 24.6 Å². The molecule has 110 valence electrons. The van der Waals surface area contributed by atoms with Crippen molar-refractivity contribution in [2.24, 2.45) is 5.73 Å². The summed E-state index contributed by atoms with van der Waals surface area (Å²) in [6, 6.07) is 7.03. The zero-order chi connectivity index (χ0) is 13.0. The molecule has 3 N–H and O–H groups in total. The summed E-state index contributed by atoms with van der Waals surface area (Å²) in [6.07, 6.45) is 3.13. The third kappa shape index (κ3) is 5.16. The predicted molar refractivity (Wildman–Crippen MR) is 82.3 cm³/mol. The maximum atomic E-state index is 11.5. The Labute approximate surface area is 129 Å². The van der Waals surface area contributed by atoms with Gasteiger partial charge in [0.15, 0.2) is 0 Å². The third-order valence-electron chi connectivity index (χ3n) is 2.42. The highest BCUT2D eigenvalue weighted by Gasteiger charge is 2.07. The van der Waals surface area contributed by atoms with Crippen molar-refractivity contribution in [1.29, 1.82) is 0 Å². The first-order chi connectivity index (χ1) is 8.65. The van der Waals surface area contributed by atoms with Gasteiger partial charge in [0.05, 0.1) is 12.6 Å². The number of carbonyl (C=O) groups excluding carboxylic acids is 1. The highest BCUT2D eigenvalue weighted by Crippen LogP contribution is 2.11. The van der Waals surface area contributed by atoms with Crippen molar-refractivity contribution in [3.63, 3.8) is 0 Å². The maximum Gasteiger partial charge on any atom is 0.240 e. The van der Waals surface area contributed by atoms with Gasteiger partial charge in [-0.15, -0.1) is 24.8 Å². The summed E-state index contributed by atoms with van der Waals surface area (Å²) < 4.78 is 1.71. The Hall–Kier alpha value is -1.63. The van der Waals surface area contributed by atoms with Crippen LogP contribution in [0.1, 0.15) is 12.5 Å². The van der Waals surface area contributed by atoms with Crippen molar-refractivity contribution in [3.05, 3.63) is 42.5 Å². The van der Waals surface area contributed by atoms with Gasteiger partial charge in [-0.2, -0.15) is 5.10 Å². The Balaban J connectivity index is 0.00000180. The SMILES string of the molecule is C[C@@H](N)C(=O)Nc1cccc(Cn2cncn2)c1.Cl.Cl. The van der Waals surface area contributed by atoms with Gasteiger partial charge in [-0.25, -0.2) is 9.67 Å². The number of amides is 1. The maximum absolute atomic E-state index is 11.5. The smallest absolute Gasteiger partial charge is 0.240 e. The molecule has 0 saturated carbocycles. The number of halogens is 2. The van der Waals surface area contributed by atoms with Crippen LogP contribution in [0, 0.1) is 0 Å². The fourth-order valence-electron chi connectivity index (χ4n) is 1.50. The van der Waals surface area contributed by atoms with E-state index in [0.717, 1.165) is 11.3 Å². The molecule has 1 atom stereocenters. The van der Waals surface area contributed by atoms with E-state index in [2.05, 4.69) is 15.4 Å². The highest BCUT2D eigenvalue weighted by atomic mass is 35.5. The molecule has 0 unspecified atom stereocenters. The first kappa shape index (κ1) is 18.4. The number of nitrogens with two attached hydrogens (primary N) is 1. The fourth-order valence-corrected chi connectivity index (χ4v) is 1.50. The number of hydrogen-bond donors (Lipinski definition) is 2. The van der Waals surface area contributed by atoms with E-state index in [-0.39, 0.29) is 30.7 Å². The van der Waals surface area contributed by atoms with Gasteiger partial charge in [0.2, 0.25) is 5.91 Å². The lowest BCUT2D eigenvalue weighted by molar-refractivity contribution is -0.117. The molecular formula is C12H17Cl2N5O. The Kier molecular flexibility index (Phi) is 7.83. The van der Waals surface area contributed by atoms with E-state index in [4.69, 9.17) is 5.73 Å². The minimum atomic E-state index is -0.524. The molecule has 0 saturated heterocycles. The molecule has 2 rings (SSSR count). The summed E-state index contributed by atoms with van der Waals surface area (Å²) in [6.45, 7) is 2.26. The van der Waals surface area contributed by atoms with Gasteiger partial charge in [-0.3, -0.25) is 4.79 Å². The molecule has 0 bridgehead atoms. The minimum Gasteiger partial charge on any atom is -0.325 e. The zero-order valence-electron chi connectivity index (χ0n) is 10.9. The first-order valence-corrected chi connectivity index (χ1v) is 5.63. The van der Waals surface area contributed by atoms with Crippen molar-refractivity contribution >= 4 is 36.4 Å². The molecule has 8 heteroatoms. The molecule has 1 aromatic heterocycles. The van der Waals surface area contributed by atoms with Crippen LogP contribution < -0.4 is 11.1 Å². The fraction of sp³-hybridized carbons (Fsp3) is 0.250. The van der Waals surface area contributed by atoms with Gasteiger partial charge in [0.1, 0.15) is 12.7 Å². The number of rotatable bonds is 4. The largest absolute Gasteiger partial charge is 0.325 e. The molecule has 20 heavy (non-hydrogen) atoms. The lowest BCUT2D eigenvalue weighted by atomic mass is 10.2. The average molecular weight is 318 g/mol. The van der Waals surface area contributed by atoms with Gasteiger partial charge in [0, 0.05) is 5.69 Å². The van der Waals surface area contributed by atoms with E-state index < -0.39 is 6.04 Å². The number of carbonyl (C=O) groups is 1. The number of benzene rings is 1. The van der Waals surface area contributed by atoms with E-state index >= 15 is 0 Å². The van der Waals surface area contributed by atoms with Crippen LogP contribution in [-0.4, -0.2) is 26.7 Å². The first-order valence-electron chi connectivity index (χ1n) is 5.63. The van der Waals surface area contributed by atoms with Crippen LogP contribution in [-0.2, 0) is 11.3 Å². The zero-order valence-corrected chi connectivity index (χ0v) is 12.5. The summed E-state index contributed by atoms with van der Waals surface area (Å²) in [4.78, 5) is 15.4. The molecule has 0 fully saturated rings. The molecule has 0 spiro atoms. The second-order valence-electron chi connectivity index (χ2n) is 4.07. The van der Waals surface area contributed by atoms with Gasteiger partial charge >= 0.3 is 0 Å². The molecule has 1 amide bonds. The highest BCUT2D eigenvalue weighted by molar-refractivity contribution is 5.94. The van der Waals surface area contributed by atoms with Crippen molar-refractivity contribution < 1.29 is 4.79 Å². The van der Waals surface area contributed by atoms with Crippen LogP contribution >= 0.6 is 24.8 Å². The Morgan fingerprint density at radius 2 is 2.20 bits per heavy atom. The van der Waals surface area contributed by atoms with Crippen LogP contribution in [0.4, 0.5) is 5.69 Å². The third-order valence-corrected chi connectivity index (χ3v) is 2.42. The molecule has 1 aromatic carbocycles. The summed E-state index contributed by atoms with van der Waals surface area (Å²) in [7, 11) is 0. The monoisotopic (exact) mass is 317 g/mol. The molecule has 6 nitrogen and oxygen atoms in total. The lowest BCUT2D eigenvalue weighted by Gasteiger charge is -2.09. The molecule has 0 aliphatic heterocycles. The van der Waals surface area contributed by atoms with E-state index in [1.54, 1.807) is 17.9 Å². The summed E-state index contributed by atoms with van der Waals surface area (Å²) in [5, 5.41) is 6.78. The molecule has 0 aliphatic carbocycles. The number of aromatic nitrogens is 3. The van der Waals surface area contributed by atoms with Gasteiger partial charge < -0.3 is 11.1 Å². The van der Waals surface area contributed by atoms with Crippen molar-refractivity contribution in [1.82, 2.24) is 14.8 Å². The quantitative estimate of drug-likeness (QED) is 0.893. The van der Waals surface area contributed by atoms with Crippen LogP contribution in [0.2, 0.25) is 0 Å².